The van der Waals surface area contributed by atoms with Gasteiger partial charge in [0.1, 0.15) is 17.9 Å². The minimum Gasteiger partial charge on any atom is -0.493 e. The van der Waals surface area contributed by atoms with Gasteiger partial charge in [0.05, 0.1) is 31.0 Å². The molecule has 2 aromatic heterocycles. The Balaban J connectivity index is 1.44. The molecule has 1 aromatic carbocycles. The van der Waals surface area contributed by atoms with Gasteiger partial charge >= 0.3 is 0 Å². The van der Waals surface area contributed by atoms with Crippen molar-refractivity contribution in [1.29, 1.82) is 0 Å². The van der Waals surface area contributed by atoms with Gasteiger partial charge in [0.15, 0.2) is 0 Å². The quantitative estimate of drug-likeness (QED) is 0.619. The number of aryl methyl sites for hydroxylation is 3. The number of benzene rings is 1. The summed E-state index contributed by atoms with van der Waals surface area (Å²) in [5.74, 6) is 1.70. The summed E-state index contributed by atoms with van der Waals surface area (Å²) in [6, 6.07) is 6.22. The van der Waals surface area contributed by atoms with E-state index in [-0.39, 0.29) is 0 Å². The smallest absolute Gasteiger partial charge is 0.141 e. The summed E-state index contributed by atoms with van der Waals surface area (Å²) in [6.07, 6.45) is 4.65. The molecule has 1 saturated heterocycles. The molecule has 7 heteroatoms. The fourth-order valence-electron chi connectivity index (χ4n) is 3.62. The summed E-state index contributed by atoms with van der Waals surface area (Å²) >= 11 is 0. The van der Waals surface area contributed by atoms with Gasteiger partial charge in [0, 0.05) is 50.0 Å². The standard InChI is InChI=1S/C22H29N5O2/c1-16-11-19-20(13-21(16)29-8-4-5-27-6-9-28-10-7-27)23-15-24-22(19)25-18-12-17(2)26(3)14-18/h11-15H,4-10H2,1-3H3,(H,23,24,25). The van der Waals surface area contributed by atoms with E-state index >= 15 is 0 Å². The average molecular weight is 396 g/mol. The van der Waals surface area contributed by atoms with Crippen LogP contribution < -0.4 is 10.1 Å². The zero-order valence-corrected chi connectivity index (χ0v) is 17.4. The Morgan fingerprint density at radius 2 is 1.97 bits per heavy atom. The van der Waals surface area contributed by atoms with Crippen LogP contribution in [-0.2, 0) is 11.8 Å². The Labute approximate surface area is 171 Å². The van der Waals surface area contributed by atoms with Crippen LogP contribution in [0, 0.1) is 13.8 Å². The molecule has 0 saturated carbocycles. The van der Waals surface area contributed by atoms with Crippen molar-refractivity contribution in [1.82, 2.24) is 19.4 Å². The Hall–Kier alpha value is -2.64. The van der Waals surface area contributed by atoms with Crippen LogP contribution in [0.5, 0.6) is 5.75 Å². The van der Waals surface area contributed by atoms with E-state index in [4.69, 9.17) is 9.47 Å². The first-order valence-corrected chi connectivity index (χ1v) is 10.2. The summed E-state index contributed by atoms with van der Waals surface area (Å²) in [4.78, 5) is 11.3. The Bertz CT molecular complexity index is 959. The number of nitrogens with zero attached hydrogens (tertiary/aromatic N) is 4. The molecule has 0 amide bonds. The van der Waals surface area contributed by atoms with Gasteiger partial charge in [0.25, 0.3) is 0 Å². The van der Waals surface area contributed by atoms with Crippen LogP contribution in [0.4, 0.5) is 11.5 Å². The van der Waals surface area contributed by atoms with Crippen LogP contribution >= 0.6 is 0 Å². The van der Waals surface area contributed by atoms with Crippen LogP contribution in [0.3, 0.4) is 0 Å². The van der Waals surface area contributed by atoms with Crippen molar-refractivity contribution >= 4 is 22.4 Å². The van der Waals surface area contributed by atoms with Gasteiger partial charge < -0.3 is 19.4 Å². The molecule has 0 unspecified atom stereocenters. The molecule has 4 rings (SSSR count). The molecule has 29 heavy (non-hydrogen) atoms. The molecule has 3 aromatic rings. The highest BCUT2D eigenvalue weighted by atomic mass is 16.5. The maximum atomic E-state index is 6.07. The first-order valence-electron chi connectivity index (χ1n) is 10.2. The summed E-state index contributed by atoms with van der Waals surface area (Å²) in [7, 11) is 2.03. The van der Waals surface area contributed by atoms with Crippen LogP contribution in [0.15, 0.2) is 30.7 Å². The van der Waals surface area contributed by atoms with Crippen molar-refractivity contribution in [2.45, 2.75) is 20.3 Å². The lowest BCUT2D eigenvalue weighted by atomic mass is 10.1. The van der Waals surface area contributed by atoms with E-state index in [9.17, 15) is 0 Å². The highest BCUT2D eigenvalue weighted by Gasteiger charge is 2.12. The van der Waals surface area contributed by atoms with Crippen LogP contribution in [-0.4, -0.2) is 58.9 Å². The minimum absolute atomic E-state index is 0.698. The summed E-state index contributed by atoms with van der Waals surface area (Å²) in [6.45, 7) is 9.60. The van der Waals surface area contributed by atoms with Gasteiger partial charge in [-0.3, -0.25) is 4.90 Å². The van der Waals surface area contributed by atoms with Gasteiger partial charge in [-0.05, 0) is 38.0 Å². The second-order valence-corrected chi connectivity index (χ2v) is 7.62. The van der Waals surface area contributed by atoms with Gasteiger partial charge in [0.2, 0.25) is 0 Å². The van der Waals surface area contributed by atoms with Crippen molar-refractivity contribution in [3.05, 3.63) is 42.0 Å². The molecule has 0 radical (unpaired) electrons. The van der Waals surface area contributed by atoms with Crippen LogP contribution in [0.2, 0.25) is 0 Å². The zero-order chi connectivity index (χ0) is 20.2. The number of fused-ring (bicyclic) bond motifs is 1. The van der Waals surface area contributed by atoms with Crippen molar-refractivity contribution in [2.24, 2.45) is 7.05 Å². The Kier molecular flexibility index (Phi) is 5.97. The molecule has 154 valence electrons. The molecule has 0 spiro atoms. The minimum atomic E-state index is 0.698. The first-order chi connectivity index (χ1) is 14.1. The molecular formula is C22H29N5O2. The lowest BCUT2D eigenvalue weighted by molar-refractivity contribution is 0.0358. The lowest BCUT2D eigenvalue weighted by Gasteiger charge is -2.26. The largest absolute Gasteiger partial charge is 0.493 e. The highest BCUT2D eigenvalue weighted by Crippen LogP contribution is 2.29. The third kappa shape index (κ3) is 4.68. The monoisotopic (exact) mass is 395 g/mol. The van der Waals surface area contributed by atoms with Crippen LogP contribution in [0.25, 0.3) is 10.9 Å². The number of hydrogen-bond donors (Lipinski definition) is 1. The molecule has 1 aliphatic rings. The van der Waals surface area contributed by atoms with E-state index in [1.807, 2.05) is 13.1 Å². The van der Waals surface area contributed by atoms with E-state index in [0.29, 0.717) is 6.61 Å². The molecular weight excluding hydrogens is 366 g/mol. The number of nitrogens with one attached hydrogen (secondary N) is 1. The maximum absolute atomic E-state index is 6.07. The van der Waals surface area contributed by atoms with Gasteiger partial charge in [-0.15, -0.1) is 0 Å². The summed E-state index contributed by atoms with van der Waals surface area (Å²) in [5.41, 5.74) is 4.18. The summed E-state index contributed by atoms with van der Waals surface area (Å²) in [5, 5.41) is 4.41. The number of aromatic nitrogens is 3. The van der Waals surface area contributed by atoms with E-state index in [1.54, 1.807) is 6.33 Å². The number of morpholine rings is 1. The van der Waals surface area contributed by atoms with Gasteiger partial charge in [-0.2, -0.15) is 0 Å². The molecule has 1 aliphatic heterocycles. The van der Waals surface area contributed by atoms with Gasteiger partial charge in [-0.1, -0.05) is 0 Å². The molecule has 7 nitrogen and oxygen atoms in total. The Morgan fingerprint density at radius 1 is 1.14 bits per heavy atom. The second kappa shape index (κ2) is 8.80. The third-order valence-corrected chi connectivity index (χ3v) is 5.43. The molecule has 0 bridgehead atoms. The van der Waals surface area contributed by atoms with Crippen LogP contribution in [0.1, 0.15) is 17.7 Å². The summed E-state index contributed by atoms with van der Waals surface area (Å²) < 4.78 is 13.5. The predicted octanol–water partition coefficient (Wildman–Crippen LogP) is 3.43. The molecule has 0 atom stereocenters. The maximum Gasteiger partial charge on any atom is 0.141 e. The highest BCUT2D eigenvalue weighted by molar-refractivity contribution is 5.92. The fraction of sp³-hybridized carbons (Fsp3) is 0.455. The predicted molar refractivity (Wildman–Crippen MR) is 115 cm³/mol. The van der Waals surface area contributed by atoms with Crippen molar-refractivity contribution < 1.29 is 9.47 Å². The first kappa shape index (κ1) is 19.7. The Morgan fingerprint density at radius 3 is 2.72 bits per heavy atom. The molecule has 1 N–H and O–H groups in total. The number of rotatable bonds is 7. The van der Waals surface area contributed by atoms with E-state index in [2.05, 4.69) is 56.9 Å². The van der Waals surface area contributed by atoms with Crippen molar-refractivity contribution in [3.8, 4) is 5.75 Å². The van der Waals surface area contributed by atoms with E-state index in [0.717, 1.165) is 73.0 Å². The number of ether oxygens (including phenoxy) is 2. The fourth-order valence-corrected chi connectivity index (χ4v) is 3.62. The molecule has 3 heterocycles. The van der Waals surface area contributed by atoms with E-state index < -0.39 is 0 Å². The number of hydrogen-bond acceptors (Lipinski definition) is 6. The number of anilines is 2. The molecule has 0 aliphatic carbocycles. The van der Waals surface area contributed by atoms with Crippen molar-refractivity contribution in [3.63, 3.8) is 0 Å². The van der Waals surface area contributed by atoms with Crippen molar-refractivity contribution in [2.75, 3.05) is 44.8 Å². The second-order valence-electron chi connectivity index (χ2n) is 7.62. The third-order valence-electron chi connectivity index (χ3n) is 5.43. The SMILES string of the molecule is Cc1cc2c(Nc3cc(C)n(C)c3)ncnc2cc1OCCCN1CCOCC1. The normalized spacial score (nSPS) is 15.0. The van der Waals surface area contributed by atoms with E-state index in [1.165, 1.54) is 5.69 Å². The average Bonchev–Trinajstić information content (AvgIpc) is 3.04. The molecule has 1 fully saturated rings. The topological polar surface area (TPSA) is 64.4 Å². The van der Waals surface area contributed by atoms with Gasteiger partial charge in [-0.25, -0.2) is 9.97 Å². The zero-order valence-electron chi connectivity index (χ0n) is 17.4. The lowest BCUT2D eigenvalue weighted by Crippen LogP contribution is -2.37.